The Morgan fingerprint density at radius 3 is 2.92 bits per heavy atom. The van der Waals surface area contributed by atoms with E-state index in [0.717, 1.165) is 6.07 Å². The minimum absolute atomic E-state index is 0.0935. The minimum atomic E-state index is -0.593. The van der Waals surface area contributed by atoms with Crippen LogP contribution in [0.2, 0.25) is 0 Å². The Bertz CT molecular complexity index is 333. The third-order valence-electron chi connectivity index (χ3n) is 1.35. The Balaban J connectivity index is 3.16. The van der Waals surface area contributed by atoms with Crippen molar-refractivity contribution in [1.29, 1.82) is 0 Å². The molecule has 0 radical (unpaired) electrons. The highest BCUT2D eigenvalue weighted by Gasteiger charge is 1.99. The Kier molecular flexibility index (Phi) is 2.63. The van der Waals surface area contributed by atoms with Gasteiger partial charge >= 0.3 is 0 Å². The highest BCUT2D eigenvalue weighted by Crippen LogP contribution is 2.19. The summed E-state index contributed by atoms with van der Waals surface area (Å²) in [5.74, 6) is -0.593. The van der Waals surface area contributed by atoms with Crippen LogP contribution in [0.3, 0.4) is 0 Å². The molecule has 4 nitrogen and oxygen atoms in total. The van der Waals surface area contributed by atoms with E-state index in [1.165, 1.54) is 12.1 Å². The van der Waals surface area contributed by atoms with Gasteiger partial charge in [-0.25, -0.2) is 4.39 Å². The average Bonchev–Trinajstić information content (AvgIpc) is 2.09. The fourth-order valence-electron chi connectivity index (χ4n) is 0.781. The molecule has 1 rings (SSSR count). The van der Waals surface area contributed by atoms with Crippen LogP contribution in [-0.2, 0) is 6.61 Å². The van der Waals surface area contributed by atoms with Gasteiger partial charge in [0.15, 0.2) is 0 Å². The molecule has 0 aliphatic carbocycles. The predicted molar refractivity (Wildman–Crippen MR) is 41.1 cm³/mol. The lowest BCUT2D eigenvalue weighted by molar-refractivity contribution is 0.282. The molecule has 0 atom stereocenters. The normalized spacial score (nSPS) is 9.17. The van der Waals surface area contributed by atoms with E-state index in [0.29, 0.717) is 5.56 Å². The number of aliphatic hydroxyl groups is 1. The van der Waals surface area contributed by atoms with Crippen LogP contribution < -0.4 is 0 Å². The van der Waals surface area contributed by atoms with E-state index in [1.807, 2.05) is 0 Å². The maximum absolute atomic E-state index is 12.7. The van der Waals surface area contributed by atoms with Crippen molar-refractivity contribution < 1.29 is 9.50 Å². The quantitative estimate of drug-likeness (QED) is 0.409. The number of hydrogen-bond acceptors (Lipinski definition) is 2. The maximum atomic E-state index is 12.7. The van der Waals surface area contributed by atoms with Gasteiger partial charge in [-0.1, -0.05) is 11.2 Å². The Morgan fingerprint density at radius 1 is 1.58 bits per heavy atom. The summed E-state index contributed by atoms with van der Waals surface area (Å²) >= 11 is 0. The van der Waals surface area contributed by atoms with E-state index in [2.05, 4.69) is 10.0 Å². The van der Waals surface area contributed by atoms with E-state index < -0.39 is 5.82 Å². The van der Waals surface area contributed by atoms with Gasteiger partial charge in [0, 0.05) is 4.91 Å². The molecule has 0 bridgehead atoms. The summed E-state index contributed by atoms with van der Waals surface area (Å²) in [6.45, 7) is -0.200. The number of hydrogen-bond donors (Lipinski definition) is 1. The van der Waals surface area contributed by atoms with E-state index in [1.54, 1.807) is 0 Å². The van der Waals surface area contributed by atoms with Gasteiger partial charge in [-0.05, 0) is 23.2 Å². The van der Waals surface area contributed by atoms with Crippen molar-refractivity contribution in [1.82, 2.24) is 0 Å². The second kappa shape index (κ2) is 3.71. The molecule has 0 amide bonds. The number of rotatable bonds is 2. The number of nitrogens with zero attached hydrogens (tertiary/aromatic N) is 3. The predicted octanol–water partition coefficient (Wildman–Crippen LogP) is 2.26. The molecule has 12 heavy (non-hydrogen) atoms. The first kappa shape index (κ1) is 8.52. The summed E-state index contributed by atoms with van der Waals surface area (Å²) in [5.41, 5.74) is 8.46. The number of azide groups is 1. The van der Waals surface area contributed by atoms with Crippen molar-refractivity contribution in [3.05, 3.63) is 40.0 Å². The molecule has 0 saturated heterocycles. The van der Waals surface area contributed by atoms with Gasteiger partial charge < -0.3 is 5.11 Å². The van der Waals surface area contributed by atoms with Crippen molar-refractivity contribution in [3.8, 4) is 0 Å². The standard InChI is InChI=1S/C7H6FN3O/c8-6-2-1-5(4-12)3-7(6)10-11-9/h1-3,12H,4H2. The molecule has 0 heterocycles. The largest absolute Gasteiger partial charge is 0.392 e. The summed E-state index contributed by atoms with van der Waals surface area (Å²) in [5, 5.41) is 11.8. The molecule has 0 fully saturated rings. The van der Waals surface area contributed by atoms with Crippen molar-refractivity contribution in [2.45, 2.75) is 6.61 Å². The Morgan fingerprint density at radius 2 is 2.33 bits per heavy atom. The van der Waals surface area contributed by atoms with Crippen LogP contribution in [0.5, 0.6) is 0 Å². The SMILES string of the molecule is [N-]=[N+]=Nc1cc(CO)ccc1F. The molecule has 0 spiro atoms. The fourth-order valence-corrected chi connectivity index (χ4v) is 0.781. The zero-order chi connectivity index (χ0) is 8.97. The van der Waals surface area contributed by atoms with E-state index in [4.69, 9.17) is 10.6 Å². The first-order valence-corrected chi connectivity index (χ1v) is 3.22. The monoisotopic (exact) mass is 167 g/mol. The third kappa shape index (κ3) is 1.72. The van der Waals surface area contributed by atoms with Gasteiger partial charge in [-0.3, -0.25) is 0 Å². The highest BCUT2D eigenvalue weighted by atomic mass is 19.1. The highest BCUT2D eigenvalue weighted by molar-refractivity contribution is 5.41. The van der Waals surface area contributed by atoms with Crippen LogP contribution in [-0.4, -0.2) is 5.11 Å². The van der Waals surface area contributed by atoms with Crippen molar-refractivity contribution in [3.63, 3.8) is 0 Å². The smallest absolute Gasteiger partial charge is 0.132 e. The topological polar surface area (TPSA) is 69.0 Å². The molecule has 1 N–H and O–H groups in total. The van der Waals surface area contributed by atoms with Gasteiger partial charge in [0.1, 0.15) is 5.82 Å². The van der Waals surface area contributed by atoms with Crippen LogP contribution in [0.4, 0.5) is 10.1 Å². The third-order valence-corrected chi connectivity index (χ3v) is 1.35. The van der Waals surface area contributed by atoms with Crippen molar-refractivity contribution >= 4 is 5.69 Å². The molecule has 1 aromatic rings. The lowest BCUT2D eigenvalue weighted by atomic mass is 10.2. The number of aliphatic hydroxyl groups excluding tert-OH is 1. The van der Waals surface area contributed by atoms with Gasteiger partial charge in [0.2, 0.25) is 0 Å². The van der Waals surface area contributed by atoms with E-state index >= 15 is 0 Å². The minimum Gasteiger partial charge on any atom is -0.392 e. The van der Waals surface area contributed by atoms with Gasteiger partial charge in [0.05, 0.1) is 12.3 Å². The molecule has 62 valence electrons. The lowest BCUT2D eigenvalue weighted by Gasteiger charge is -1.97. The first-order valence-electron chi connectivity index (χ1n) is 3.22. The maximum Gasteiger partial charge on any atom is 0.132 e. The van der Waals surface area contributed by atoms with Gasteiger partial charge in [-0.2, -0.15) is 0 Å². The molecule has 0 aliphatic heterocycles. The second-order valence-electron chi connectivity index (χ2n) is 2.13. The van der Waals surface area contributed by atoms with Crippen LogP contribution in [0.25, 0.3) is 10.4 Å². The van der Waals surface area contributed by atoms with Crippen LogP contribution in [0, 0.1) is 5.82 Å². The van der Waals surface area contributed by atoms with Gasteiger partial charge in [0.25, 0.3) is 0 Å². The van der Waals surface area contributed by atoms with Crippen molar-refractivity contribution in [2.75, 3.05) is 0 Å². The zero-order valence-electron chi connectivity index (χ0n) is 6.11. The summed E-state index contributed by atoms with van der Waals surface area (Å²) in [7, 11) is 0. The van der Waals surface area contributed by atoms with Crippen molar-refractivity contribution in [2.24, 2.45) is 5.11 Å². The second-order valence-corrected chi connectivity index (χ2v) is 2.13. The molecule has 0 saturated carbocycles. The number of benzene rings is 1. The van der Waals surface area contributed by atoms with Gasteiger partial charge in [-0.15, -0.1) is 0 Å². The molecular formula is C7H6FN3O. The van der Waals surface area contributed by atoms with Crippen LogP contribution >= 0.6 is 0 Å². The van der Waals surface area contributed by atoms with Crippen LogP contribution in [0.15, 0.2) is 23.3 Å². The number of halogens is 1. The molecule has 0 aliphatic rings. The Hall–Kier alpha value is -1.58. The molecule has 0 unspecified atom stereocenters. The summed E-state index contributed by atoms with van der Waals surface area (Å²) < 4.78 is 12.7. The summed E-state index contributed by atoms with van der Waals surface area (Å²) in [4.78, 5) is 2.45. The fraction of sp³-hybridized carbons (Fsp3) is 0.143. The molecule has 1 aromatic carbocycles. The summed E-state index contributed by atoms with van der Waals surface area (Å²) in [6, 6.07) is 3.87. The van der Waals surface area contributed by atoms with Crippen LogP contribution in [0.1, 0.15) is 5.56 Å². The first-order chi connectivity index (χ1) is 5.77. The summed E-state index contributed by atoms with van der Waals surface area (Å²) in [6.07, 6.45) is 0. The molecule has 5 heteroatoms. The van der Waals surface area contributed by atoms with E-state index in [9.17, 15) is 4.39 Å². The Labute approximate surface area is 67.9 Å². The van der Waals surface area contributed by atoms with E-state index in [-0.39, 0.29) is 12.3 Å². The lowest BCUT2D eigenvalue weighted by Crippen LogP contribution is -1.83. The average molecular weight is 167 g/mol. The molecule has 0 aromatic heterocycles. The zero-order valence-corrected chi connectivity index (χ0v) is 6.11. The molecular weight excluding hydrogens is 161 g/mol.